The molecule has 2 saturated carbocycles. The molecule has 2 N–H and O–H groups in total. The normalized spacial score (nSPS) is 27.1. The van der Waals surface area contributed by atoms with E-state index in [0.29, 0.717) is 67.6 Å². The van der Waals surface area contributed by atoms with Crippen molar-refractivity contribution in [2.24, 2.45) is 20.8 Å². The molecule has 184 valence electrons. The topological polar surface area (TPSA) is 99.3 Å². The number of ketones is 2. The first-order valence-electron chi connectivity index (χ1n) is 12.3. The maximum atomic E-state index is 12.8. The van der Waals surface area contributed by atoms with Crippen LogP contribution < -0.4 is 0 Å². The Morgan fingerprint density at radius 1 is 0.818 bits per heavy atom. The molecule has 2 fully saturated rings. The molecule has 0 aromatic rings. The molecule has 0 bridgehead atoms. The molecule has 0 spiro atoms. The van der Waals surface area contributed by atoms with Crippen LogP contribution in [0.5, 0.6) is 0 Å². The molecule has 33 heavy (non-hydrogen) atoms. The lowest BCUT2D eigenvalue weighted by Crippen LogP contribution is -2.34. The maximum Gasteiger partial charge on any atom is 0.168 e. The van der Waals surface area contributed by atoms with Gasteiger partial charge in [-0.25, -0.2) is 0 Å². The molecule has 0 saturated heterocycles. The fourth-order valence-electron chi connectivity index (χ4n) is 4.75. The molecule has 1 atom stereocenters. The molecule has 0 amide bonds. The summed E-state index contributed by atoms with van der Waals surface area (Å²) in [6.45, 7) is 14.4. The van der Waals surface area contributed by atoms with Gasteiger partial charge in [0.05, 0.1) is 23.7 Å². The predicted octanol–water partition coefficient (Wildman–Crippen LogP) is 6.26. The first kappa shape index (κ1) is 27.0. The van der Waals surface area contributed by atoms with Crippen molar-refractivity contribution in [3.05, 3.63) is 22.7 Å². The van der Waals surface area contributed by atoms with Crippen LogP contribution in [0, 0.1) is 10.8 Å². The van der Waals surface area contributed by atoms with Gasteiger partial charge in [-0.05, 0) is 43.4 Å². The molecule has 0 aliphatic heterocycles. The van der Waals surface area contributed by atoms with Gasteiger partial charge in [0, 0.05) is 37.1 Å². The Hall–Kier alpha value is -2.24. The van der Waals surface area contributed by atoms with Crippen molar-refractivity contribution in [1.29, 1.82) is 0 Å². The zero-order valence-corrected chi connectivity index (χ0v) is 21.5. The van der Waals surface area contributed by atoms with E-state index in [1.54, 1.807) is 0 Å². The van der Waals surface area contributed by atoms with Crippen LogP contribution in [0.3, 0.4) is 0 Å². The second-order valence-corrected chi connectivity index (χ2v) is 11.2. The molecule has 2 aliphatic carbocycles. The average molecular weight is 459 g/mol. The van der Waals surface area contributed by atoms with Crippen molar-refractivity contribution in [1.82, 2.24) is 0 Å². The van der Waals surface area contributed by atoms with Gasteiger partial charge in [-0.3, -0.25) is 19.6 Å². The van der Waals surface area contributed by atoms with Gasteiger partial charge in [0.25, 0.3) is 0 Å². The minimum absolute atomic E-state index is 0.0516. The third kappa shape index (κ3) is 7.12. The summed E-state index contributed by atoms with van der Waals surface area (Å²) < 4.78 is 0. The second-order valence-electron chi connectivity index (χ2n) is 11.2. The number of carbonyl (C=O) groups is 2. The molecule has 6 heteroatoms. The maximum absolute atomic E-state index is 12.8. The van der Waals surface area contributed by atoms with Gasteiger partial charge in [-0.1, -0.05) is 41.5 Å². The quantitative estimate of drug-likeness (QED) is 0.347. The Labute approximate surface area is 199 Å². The van der Waals surface area contributed by atoms with E-state index in [1.807, 2.05) is 48.5 Å². The molecule has 2 aliphatic rings. The summed E-state index contributed by atoms with van der Waals surface area (Å²) in [6.07, 6.45) is 4.46. The fraction of sp³-hybridized carbons (Fsp3) is 0.704. The number of aliphatic hydroxyl groups is 2. The Morgan fingerprint density at radius 3 is 1.70 bits per heavy atom. The van der Waals surface area contributed by atoms with Crippen LogP contribution >= 0.6 is 0 Å². The second kappa shape index (κ2) is 10.8. The molecule has 2 rings (SSSR count). The number of nitrogens with zero attached hydrogens (tertiary/aromatic N) is 2. The Morgan fingerprint density at radius 2 is 1.24 bits per heavy atom. The summed E-state index contributed by atoms with van der Waals surface area (Å²) in [5, 5.41) is 21.1. The highest BCUT2D eigenvalue weighted by Gasteiger charge is 2.37. The lowest BCUT2D eigenvalue weighted by molar-refractivity contribution is -0.118. The third-order valence-corrected chi connectivity index (χ3v) is 6.18. The van der Waals surface area contributed by atoms with E-state index in [1.165, 1.54) is 0 Å². The summed E-state index contributed by atoms with van der Waals surface area (Å²) in [4.78, 5) is 35.2. The monoisotopic (exact) mass is 458 g/mol. The molecule has 0 heterocycles. The lowest BCUT2D eigenvalue weighted by Gasteiger charge is -2.32. The molecule has 6 nitrogen and oxygen atoms in total. The minimum atomic E-state index is -0.228. The Balaban J connectivity index is 2.38. The largest absolute Gasteiger partial charge is 0.511 e. The minimum Gasteiger partial charge on any atom is -0.511 e. The molecule has 0 aromatic heterocycles. The van der Waals surface area contributed by atoms with Crippen molar-refractivity contribution in [2.75, 3.05) is 6.54 Å². The van der Waals surface area contributed by atoms with E-state index < -0.39 is 0 Å². The third-order valence-electron chi connectivity index (χ3n) is 6.18. The van der Waals surface area contributed by atoms with Gasteiger partial charge in [-0.2, -0.15) is 0 Å². The summed E-state index contributed by atoms with van der Waals surface area (Å²) in [5.74, 6) is 0.155. The first-order valence-corrected chi connectivity index (χ1v) is 12.3. The number of aliphatic imine (C=N–C) groups is 2. The van der Waals surface area contributed by atoms with Crippen molar-refractivity contribution in [3.63, 3.8) is 0 Å². The molecular formula is C27H42N2O4. The van der Waals surface area contributed by atoms with Crippen molar-refractivity contribution in [2.45, 2.75) is 106 Å². The zero-order chi connectivity index (χ0) is 25.0. The van der Waals surface area contributed by atoms with Gasteiger partial charge in [0.15, 0.2) is 11.6 Å². The van der Waals surface area contributed by atoms with Crippen molar-refractivity contribution < 1.29 is 19.8 Å². The van der Waals surface area contributed by atoms with E-state index in [2.05, 4.69) is 0 Å². The first-order chi connectivity index (χ1) is 15.3. The molecule has 1 unspecified atom stereocenters. The van der Waals surface area contributed by atoms with Crippen LogP contribution in [0.2, 0.25) is 0 Å². The summed E-state index contributed by atoms with van der Waals surface area (Å²) in [7, 11) is 0. The van der Waals surface area contributed by atoms with E-state index in [9.17, 15) is 19.8 Å². The highest BCUT2D eigenvalue weighted by atomic mass is 16.3. The Kier molecular flexibility index (Phi) is 8.83. The number of Topliss-reactive ketones (excluding diaryl/α,β-unsaturated/α-hetero) is 2. The highest BCUT2D eigenvalue weighted by molar-refractivity contribution is 6.25. The predicted molar refractivity (Wildman–Crippen MR) is 134 cm³/mol. The van der Waals surface area contributed by atoms with Crippen LogP contribution in [0.4, 0.5) is 0 Å². The standard InChI is InChI=1S/C27H42N2O4/c1-8-10-20(30)24-18(12-26(4,5)14-22(24)32)28-16-17(3)29-19-13-27(6,7)15-23(33)25(19)21(31)11-9-2/h17,30-31H,8-16H2,1-7H3/b24-20+,25-21+,28-18?,29-19?. The van der Waals surface area contributed by atoms with Crippen LogP contribution in [0.25, 0.3) is 0 Å². The van der Waals surface area contributed by atoms with Crippen molar-refractivity contribution >= 4 is 23.0 Å². The number of hydrogen-bond acceptors (Lipinski definition) is 6. The van der Waals surface area contributed by atoms with E-state index in [-0.39, 0.29) is 40.0 Å². The molecular weight excluding hydrogens is 416 g/mol. The van der Waals surface area contributed by atoms with Gasteiger partial charge < -0.3 is 10.2 Å². The van der Waals surface area contributed by atoms with Crippen LogP contribution in [-0.2, 0) is 9.59 Å². The van der Waals surface area contributed by atoms with E-state index in [4.69, 9.17) is 9.98 Å². The van der Waals surface area contributed by atoms with Crippen LogP contribution in [0.15, 0.2) is 32.6 Å². The SMILES string of the molecule is CCC/C(O)=C1\C(=O)CC(C)(C)CC1=NCC(C)N=C1CC(C)(C)CC(=O)/C1=C(/O)CCC. The van der Waals surface area contributed by atoms with Crippen LogP contribution in [-0.4, -0.2) is 45.8 Å². The lowest BCUT2D eigenvalue weighted by atomic mass is 9.73. The zero-order valence-electron chi connectivity index (χ0n) is 21.5. The van der Waals surface area contributed by atoms with E-state index in [0.717, 1.165) is 12.8 Å². The van der Waals surface area contributed by atoms with Crippen molar-refractivity contribution in [3.8, 4) is 0 Å². The van der Waals surface area contributed by atoms with Gasteiger partial charge in [0.1, 0.15) is 11.5 Å². The number of carbonyl (C=O) groups excluding carboxylic acids is 2. The van der Waals surface area contributed by atoms with Gasteiger partial charge in [-0.15, -0.1) is 0 Å². The number of hydrogen-bond donors (Lipinski definition) is 2. The number of rotatable bonds is 7. The van der Waals surface area contributed by atoms with Crippen LogP contribution in [0.1, 0.15) is 99.8 Å². The van der Waals surface area contributed by atoms with Gasteiger partial charge >= 0.3 is 0 Å². The highest BCUT2D eigenvalue weighted by Crippen LogP contribution is 2.37. The van der Waals surface area contributed by atoms with E-state index >= 15 is 0 Å². The molecule has 0 aromatic carbocycles. The number of aliphatic hydroxyl groups excluding tert-OH is 2. The summed E-state index contributed by atoms with van der Waals surface area (Å²) in [5.41, 5.74) is 1.65. The summed E-state index contributed by atoms with van der Waals surface area (Å²) >= 11 is 0. The summed E-state index contributed by atoms with van der Waals surface area (Å²) in [6, 6.07) is -0.228. The average Bonchev–Trinajstić information content (AvgIpc) is 2.64. The molecule has 0 radical (unpaired) electrons. The van der Waals surface area contributed by atoms with Gasteiger partial charge in [0.2, 0.25) is 0 Å². The smallest absolute Gasteiger partial charge is 0.168 e. The number of allylic oxidation sites excluding steroid dienone is 4. The fourth-order valence-corrected chi connectivity index (χ4v) is 4.75. The Bertz CT molecular complexity index is 903.